The van der Waals surface area contributed by atoms with Gasteiger partial charge in [0.1, 0.15) is 11.3 Å². The van der Waals surface area contributed by atoms with Crippen molar-refractivity contribution in [2.45, 2.75) is 0 Å². The molecule has 0 radical (unpaired) electrons. The topological polar surface area (TPSA) is 97.6 Å². The summed E-state index contributed by atoms with van der Waals surface area (Å²) < 4.78 is 10.5. The van der Waals surface area contributed by atoms with Gasteiger partial charge in [0.25, 0.3) is 5.91 Å². The van der Waals surface area contributed by atoms with E-state index in [9.17, 15) is 9.59 Å². The molecule has 8 heteroatoms. The van der Waals surface area contributed by atoms with E-state index in [0.717, 1.165) is 6.07 Å². The zero-order valence-electron chi connectivity index (χ0n) is 13.9. The molecular weight excluding hydrogens is 324 g/mol. The number of hydrogen-bond donors (Lipinski definition) is 1. The van der Waals surface area contributed by atoms with Gasteiger partial charge in [0.15, 0.2) is 17.0 Å². The van der Waals surface area contributed by atoms with E-state index in [1.54, 1.807) is 43.3 Å². The quantitative estimate of drug-likeness (QED) is 0.774. The molecule has 0 saturated carbocycles. The highest BCUT2D eigenvalue weighted by atomic mass is 16.5. The van der Waals surface area contributed by atoms with Crippen molar-refractivity contribution in [2.24, 2.45) is 0 Å². The summed E-state index contributed by atoms with van der Waals surface area (Å²) in [5.41, 5.74) is 0.427. The third-order valence-electron chi connectivity index (χ3n) is 3.46. The van der Waals surface area contributed by atoms with E-state index in [1.807, 2.05) is 0 Å². The molecule has 2 aromatic heterocycles. The second-order valence-corrected chi connectivity index (χ2v) is 5.41. The Kier molecular flexibility index (Phi) is 4.34. The Morgan fingerprint density at radius 1 is 1.28 bits per heavy atom. The predicted octanol–water partition coefficient (Wildman–Crippen LogP) is 1.91. The van der Waals surface area contributed by atoms with Crippen LogP contribution in [0.1, 0.15) is 10.6 Å². The number of hydrogen-bond acceptors (Lipinski definition) is 7. The number of anilines is 2. The number of nitrogens with one attached hydrogen (secondary N) is 1. The van der Waals surface area contributed by atoms with Crippen LogP contribution < -0.4 is 20.4 Å². The predicted molar refractivity (Wildman–Crippen MR) is 93.3 cm³/mol. The van der Waals surface area contributed by atoms with E-state index >= 15 is 0 Å². The van der Waals surface area contributed by atoms with Crippen molar-refractivity contribution in [3.63, 3.8) is 0 Å². The van der Waals surface area contributed by atoms with E-state index in [1.165, 1.54) is 13.3 Å². The van der Waals surface area contributed by atoms with E-state index in [0.29, 0.717) is 22.5 Å². The minimum absolute atomic E-state index is 0.0933. The molecule has 1 N–H and O–H groups in total. The van der Waals surface area contributed by atoms with Crippen LogP contribution in [0.4, 0.5) is 11.5 Å². The van der Waals surface area contributed by atoms with Crippen LogP contribution >= 0.6 is 0 Å². The Hall–Kier alpha value is -3.42. The lowest BCUT2D eigenvalue weighted by Gasteiger charge is -2.16. The normalized spacial score (nSPS) is 10.5. The molecule has 0 saturated heterocycles. The number of nitrogens with zero attached hydrogens (tertiary/aromatic N) is 3. The summed E-state index contributed by atoms with van der Waals surface area (Å²) >= 11 is 0. The Bertz CT molecular complexity index is 997. The van der Waals surface area contributed by atoms with E-state index < -0.39 is 5.91 Å². The highest BCUT2D eigenvalue weighted by molar-refractivity contribution is 6.04. The van der Waals surface area contributed by atoms with Gasteiger partial charge in [-0.05, 0) is 12.1 Å². The third kappa shape index (κ3) is 3.27. The molecule has 0 bridgehead atoms. The molecule has 0 aliphatic carbocycles. The van der Waals surface area contributed by atoms with Crippen LogP contribution in [0.2, 0.25) is 0 Å². The van der Waals surface area contributed by atoms with E-state index in [2.05, 4.69) is 15.3 Å². The summed E-state index contributed by atoms with van der Waals surface area (Å²) in [5.74, 6) is -0.202. The lowest BCUT2D eigenvalue weighted by Crippen LogP contribution is -2.19. The summed E-state index contributed by atoms with van der Waals surface area (Å²) in [4.78, 5) is 34.5. The number of amides is 1. The number of ether oxygens (including phenoxy) is 1. The second kappa shape index (κ2) is 6.60. The molecule has 2 heterocycles. The van der Waals surface area contributed by atoms with Crippen molar-refractivity contribution in [1.29, 1.82) is 0 Å². The Labute approximate surface area is 143 Å². The number of fused-ring (bicyclic) bond motifs is 1. The highest BCUT2D eigenvalue weighted by Crippen LogP contribution is 2.23. The van der Waals surface area contributed by atoms with Crippen LogP contribution in [0.15, 0.2) is 45.7 Å². The first-order valence-electron chi connectivity index (χ1n) is 7.42. The van der Waals surface area contributed by atoms with Gasteiger partial charge in [-0.3, -0.25) is 9.59 Å². The molecule has 0 atom stereocenters. The van der Waals surface area contributed by atoms with E-state index in [-0.39, 0.29) is 17.2 Å². The number of para-hydroxylation sites is 1. The van der Waals surface area contributed by atoms with Gasteiger partial charge in [0, 0.05) is 20.2 Å². The van der Waals surface area contributed by atoms with E-state index in [4.69, 9.17) is 9.15 Å². The molecule has 0 spiro atoms. The van der Waals surface area contributed by atoms with Crippen molar-refractivity contribution in [3.05, 3.63) is 52.5 Å². The molecule has 0 aliphatic heterocycles. The lowest BCUT2D eigenvalue weighted by molar-refractivity contribution is 0.0997. The number of benzene rings is 1. The van der Waals surface area contributed by atoms with Crippen LogP contribution in [0, 0.1) is 0 Å². The molecule has 0 aliphatic rings. The van der Waals surface area contributed by atoms with Crippen LogP contribution in [-0.2, 0) is 0 Å². The third-order valence-corrected chi connectivity index (χ3v) is 3.46. The molecule has 1 amide bonds. The summed E-state index contributed by atoms with van der Waals surface area (Å²) in [6.07, 6.45) is 1.43. The fraction of sp³-hybridized carbons (Fsp3) is 0.176. The lowest BCUT2D eigenvalue weighted by atomic mass is 10.2. The zero-order chi connectivity index (χ0) is 18.0. The number of carbonyl (C=O) groups is 1. The Morgan fingerprint density at radius 2 is 2.04 bits per heavy atom. The van der Waals surface area contributed by atoms with Gasteiger partial charge in [-0.15, -0.1) is 0 Å². The van der Waals surface area contributed by atoms with Gasteiger partial charge in [0.05, 0.1) is 18.7 Å². The van der Waals surface area contributed by atoms with Crippen LogP contribution in [-0.4, -0.2) is 37.1 Å². The highest BCUT2D eigenvalue weighted by Gasteiger charge is 2.16. The largest absolute Gasteiger partial charge is 0.467 e. The zero-order valence-corrected chi connectivity index (χ0v) is 13.9. The van der Waals surface area contributed by atoms with Crippen molar-refractivity contribution in [1.82, 2.24) is 9.97 Å². The first-order valence-corrected chi connectivity index (χ1v) is 7.42. The Morgan fingerprint density at radius 3 is 2.76 bits per heavy atom. The van der Waals surface area contributed by atoms with Crippen LogP contribution in [0.25, 0.3) is 11.0 Å². The maximum atomic E-state index is 12.5. The van der Waals surface area contributed by atoms with Gasteiger partial charge in [-0.25, -0.2) is 4.98 Å². The minimum Gasteiger partial charge on any atom is -0.467 e. The van der Waals surface area contributed by atoms with Gasteiger partial charge in [0.2, 0.25) is 0 Å². The SMILES string of the molecule is COc1ncc(NC(=O)c2cc(=O)c3ccccc3o2)c(N(C)C)n1. The molecule has 8 nitrogen and oxygen atoms in total. The van der Waals surface area contributed by atoms with Crippen LogP contribution in [0.3, 0.4) is 0 Å². The summed E-state index contributed by atoms with van der Waals surface area (Å²) in [6.45, 7) is 0. The first kappa shape index (κ1) is 16.4. The van der Waals surface area contributed by atoms with Gasteiger partial charge >= 0.3 is 6.01 Å². The number of aromatic nitrogens is 2. The fourth-order valence-electron chi connectivity index (χ4n) is 2.28. The van der Waals surface area contributed by atoms with Crippen LogP contribution in [0.5, 0.6) is 6.01 Å². The Balaban J connectivity index is 1.96. The standard InChI is InChI=1S/C17H16N4O4/c1-21(2)15-11(9-18-17(20-15)24-3)19-16(23)14-8-12(22)10-6-4-5-7-13(10)25-14/h4-9H,1-3H3,(H,19,23). The van der Waals surface area contributed by atoms with Gasteiger partial charge < -0.3 is 19.4 Å². The second-order valence-electron chi connectivity index (χ2n) is 5.41. The molecular formula is C17H16N4O4. The number of carbonyl (C=O) groups excluding carboxylic acids is 1. The summed E-state index contributed by atoms with van der Waals surface area (Å²) in [7, 11) is 5.00. The molecule has 3 rings (SSSR count). The average Bonchev–Trinajstić information content (AvgIpc) is 2.61. The smallest absolute Gasteiger partial charge is 0.318 e. The first-order chi connectivity index (χ1) is 12.0. The minimum atomic E-state index is -0.570. The van der Waals surface area contributed by atoms with Crippen molar-refractivity contribution in [3.8, 4) is 6.01 Å². The number of methoxy groups -OCH3 is 1. The summed E-state index contributed by atoms with van der Waals surface area (Å²) in [6, 6.07) is 8.08. The molecule has 128 valence electrons. The maximum absolute atomic E-state index is 12.5. The van der Waals surface area contributed by atoms with Crippen molar-refractivity contribution < 1.29 is 13.9 Å². The molecule has 0 fully saturated rings. The maximum Gasteiger partial charge on any atom is 0.318 e. The molecule has 0 unspecified atom stereocenters. The van der Waals surface area contributed by atoms with Crippen molar-refractivity contribution >= 4 is 28.4 Å². The average molecular weight is 340 g/mol. The van der Waals surface area contributed by atoms with Gasteiger partial charge in [-0.2, -0.15) is 4.98 Å². The molecule has 1 aromatic carbocycles. The van der Waals surface area contributed by atoms with Gasteiger partial charge in [-0.1, -0.05) is 12.1 Å². The van der Waals surface area contributed by atoms with Crippen molar-refractivity contribution in [2.75, 3.05) is 31.4 Å². The molecule has 3 aromatic rings. The molecule has 25 heavy (non-hydrogen) atoms. The number of rotatable bonds is 4. The monoisotopic (exact) mass is 340 g/mol. The fourth-order valence-corrected chi connectivity index (χ4v) is 2.28. The summed E-state index contributed by atoms with van der Waals surface area (Å²) in [5, 5.41) is 3.08.